The molecule has 1 N–H and O–H groups in total. The minimum absolute atomic E-state index is 0.0584. The van der Waals surface area contributed by atoms with Gasteiger partial charge in [-0.15, -0.1) is 0 Å². The molecule has 0 aliphatic rings. The Morgan fingerprint density at radius 1 is 1.11 bits per heavy atom. The summed E-state index contributed by atoms with van der Waals surface area (Å²) in [5, 5.41) is 2.46. The van der Waals surface area contributed by atoms with Crippen molar-refractivity contribution in [1.29, 1.82) is 0 Å². The van der Waals surface area contributed by atoms with Crippen molar-refractivity contribution in [2.45, 2.75) is 25.6 Å². The van der Waals surface area contributed by atoms with Gasteiger partial charge in [-0.1, -0.05) is 18.2 Å². The Balaban J connectivity index is 2.50. The third kappa shape index (κ3) is 5.48. The van der Waals surface area contributed by atoms with E-state index in [0.717, 1.165) is 37.4 Å². The summed E-state index contributed by atoms with van der Waals surface area (Å²) in [7, 11) is 1.16. The highest BCUT2D eigenvalue weighted by molar-refractivity contribution is 5.76. The highest BCUT2D eigenvalue weighted by Gasteiger charge is 2.30. The minimum atomic E-state index is -4.55. The highest BCUT2D eigenvalue weighted by Crippen LogP contribution is 2.34. The van der Waals surface area contributed by atoms with E-state index in [9.17, 15) is 31.1 Å². The molecule has 0 aliphatic heterocycles. The van der Waals surface area contributed by atoms with E-state index < -0.39 is 36.5 Å². The third-order valence-electron chi connectivity index (χ3n) is 4.02. The van der Waals surface area contributed by atoms with Gasteiger partial charge in [0, 0.05) is 12.1 Å². The summed E-state index contributed by atoms with van der Waals surface area (Å²) >= 11 is 0. The van der Waals surface area contributed by atoms with Crippen molar-refractivity contribution in [2.24, 2.45) is 0 Å². The molecular weight excluding hydrogens is 388 g/mol. The van der Waals surface area contributed by atoms with Crippen LogP contribution in [0.5, 0.6) is 0 Å². The summed E-state index contributed by atoms with van der Waals surface area (Å²) < 4.78 is 82.3. The Morgan fingerprint density at radius 3 is 2.29 bits per heavy atom. The van der Waals surface area contributed by atoms with Gasteiger partial charge in [0.05, 0.1) is 25.6 Å². The van der Waals surface area contributed by atoms with Gasteiger partial charge in [0.25, 0.3) is 6.43 Å². The number of ether oxygens (including phenoxy) is 1. The van der Waals surface area contributed by atoms with E-state index in [2.05, 4.69) is 10.1 Å². The molecule has 28 heavy (non-hydrogen) atoms. The quantitative estimate of drug-likeness (QED) is 0.541. The van der Waals surface area contributed by atoms with Crippen LogP contribution in [0.2, 0.25) is 0 Å². The van der Waals surface area contributed by atoms with Gasteiger partial charge in [-0.25, -0.2) is 13.2 Å². The van der Waals surface area contributed by atoms with Crippen LogP contribution in [0.4, 0.5) is 26.3 Å². The molecule has 2 rings (SSSR count). The molecule has 3 nitrogen and oxygen atoms in total. The van der Waals surface area contributed by atoms with Gasteiger partial charge < -0.3 is 10.1 Å². The Hall–Kier alpha value is -2.55. The Labute approximate surface area is 157 Å². The summed E-state index contributed by atoms with van der Waals surface area (Å²) in [6.45, 7) is -0.870. The van der Waals surface area contributed by atoms with Crippen LogP contribution < -0.4 is 5.32 Å². The molecule has 2 aromatic rings. The standard InChI is InChI=1S/C19H17F6NO2/c1-28-17(27)8-12-4-7-15(20)18(14(12)9-26-10-16(21)22)11-2-5-13(6-3-11)19(23,24)25/h2-7,16,26H,8-10H2,1H3. The SMILES string of the molecule is COC(=O)Cc1ccc(F)c(-c2ccc(C(F)(F)F)cc2)c1CNCC(F)F. The molecule has 0 bridgehead atoms. The molecule has 0 saturated carbocycles. The van der Waals surface area contributed by atoms with Crippen molar-refractivity contribution in [3.8, 4) is 11.1 Å². The number of hydrogen-bond donors (Lipinski definition) is 1. The van der Waals surface area contributed by atoms with Crippen molar-refractivity contribution < 1.29 is 35.9 Å². The average molecular weight is 405 g/mol. The number of halogens is 6. The number of methoxy groups -OCH3 is 1. The number of carbonyl (C=O) groups excluding carboxylic acids is 1. The van der Waals surface area contributed by atoms with Crippen molar-refractivity contribution in [3.63, 3.8) is 0 Å². The fourth-order valence-electron chi connectivity index (χ4n) is 2.70. The van der Waals surface area contributed by atoms with Gasteiger partial charge in [0.2, 0.25) is 0 Å². The van der Waals surface area contributed by atoms with Crippen LogP contribution in [0.1, 0.15) is 16.7 Å². The normalized spacial score (nSPS) is 11.7. The smallest absolute Gasteiger partial charge is 0.416 e. The van der Waals surface area contributed by atoms with Crippen LogP contribution in [0, 0.1) is 5.82 Å². The molecule has 0 saturated heterocycles. The van der Waals surface area contributed by atoms with E-state index >= 15 is 0 Å². The lowest BCUT2D eigenvalue weighted by molar-refractivity contribution is -0.140. The predicted molar refractivity (Wildman–Crippen MR) is 90.3 cm³/mol. The first-order chi connectivity index (χ1) is 13.1. The Morgan fingerprint density at radius 2 is 1.75 bits per heavy atom. The van der Waals surface area contributed by atoms with Crippen LogP contribution in [0.15, 0.2) is 36.4 Å². The zero-order valence-electron chi connectivity index (χ0n) is 14.7. The molecule has 9 heteroatoms. The van der Waals surface area contributed by atoms with Gasteiger partial charge in [-0.2, -0.15) is 13.2 Å². The second-order valence-electron chi connectivity index (χ2n) is 5.91. The molecule has 0 aliphatic carbocycles. The van der Waals surface area contributed by atoms with E-state index in [-0.39, 0.29) is 29.7 Å². The number of benzene rings is 2. The second-order valence-corrected chi connectivity index (χ2v) is 5.91. The van der Waals surface area contributed by atoms with Crippen LogP contribution in [0.3, 0.4) is 0 Å². The maximum Gasteiger partial charge on any atom is 0.416 e. The predicted octanol–water partition coefficient (Wildman–Crippen LogP) is 4.58. The van der Waals surface area contributed by atoms with E-state index in [0.29, 0.717) is 5.56 Å². The van der Waals surface area contributed by atoms with Crippen LogP contribution >= 0.6 is 0 Å². The second kappa shape index (κ2) is 9.09. The van der Waals surface area contributed by atoms with Crippen molar-refractivity contribution >= 4 is 5.97 Å². The van der Waals surface area contributed by atoms with Gasteiger partial charge in [0.15, 0.2) is 0 Å². The zero-order chi connectivity index (χ0) is 20.9. The molecular formula is C19H17F6NO2. The molecule has 0 radical (unpaired) electrons. The lowest BCUT2D eigenvalue weighted by atomic mass is 9.92. The minimum Gasteiger partial charge on any atom is -0.469 e. The maximum absolute atomic E-state index is 14.5. The fraction of sp³-hybridized carbons (Fsp3) is 0.316. The number of hydrogen-bond acceptors (Lipinski definition) is 3. The van der Waals surface area contributed by atoms with Crippen LogP contribution in [-0.2, 0) is 28.7 Å². The highest BCUT2D eigenvalue weighted by atomic mass is 19.4. The average Bonchev–Trinajstić information content (AvgIpc) is 2.63. The summed E-state index contributed by atoms with van der Waals surface area (Å²) in [4.78, 5) is 11.6. The van der Waals surface area contributed by atoms with Gasteiger partial charge in [0.1, 0.15) is 5.82 Å². The Kier molecular flexibility index (Phi) is 7.06. The zero-order valence-corrected chi connectivity index (χ0v) is 14.7. The molecule has 0 amide bonds. The lowest BCUT2D eigenvalue weighted by Crippen LogP contribution is -2.22. The maximum atomic E-state index is 14.5. The van der Waals surface area contributed by atoms with E-state index in [1.807, 2.05) is 0 Å². The third-order valence-corrected chi connectivity index (χ3v) is 4.02. The van der Waals surface area contributed by atoms with Crippen LogP contribution in [-0.4, -0.2) is 26.0 Å². The molecule has 152 valence electrons. The fourth-order valence-corrected chi connectivity index (χ4v) is 2.70. The lowest BCUT2D eigenvalue weighted by Gasteiger charge is -2.17. The number of esters is 1. The molecule has 0 aromatic heterocycles. The topological polar surface area (TPSA) is 38.3 Å². The van der Waals surface area contributed by atoms with Gasteiger partial charge in [-0.05, 0) is 34.9 Å². The molecule has 0 fully saturated rings. The number of alkyl halides is 5. The molecule has 0 atom stereocenters. The molecule has 0 heterocycles. The van der Waals surface area contributed by atoms with Crippen molar-refractivity contribution in [2.75, 3.05) is 13.7 Å². The first kappa shape index (κ1) is 21.7. The first-order valence-corrected chi connectivity index (χ1v) is 8.17. The monoisotopic (exact) mass is 405 g/mol. The summed E-state index contributed by atoms with van der Waals surface area (Å²) in [6.07, 6.45) is -7.44. The van der Waals surface area contributed by atoms with Gasteiger partial charge >= 0.3 is 12.1 Å². The Bertz CT molecular complexity index is 818. The van der Waals surface area contributed by atoms with E-state index in [1.54, 1.807) is 0 Å². The van der Waals surface area contributed by atoms with Crippen molar-refractivity contribution in [3.05, 3.63) is 58.9 Å². The van der Waals surface area contributed by atoms with E-state index in [4.69, 9.17) is 0 Å². The molecule has 0 spiro atoms. The van der Waals surface area contributed by atoms with Crippen LogP contribution in [0.25, 0.3) is 11.1 Å². The summed E-state index contributed by atoms with van der Waals surface area (Å²) in [5.41, 5.74) is -0.307. The molecule has 0 unspecified atom stereocenters. The summed E-state index contributed by atoms with van der Waals surface area (Å²) in [5.74, 6) is -1.37. The summed E-state index contributed by atoms with van der Waals surface area (Å²) in [6, 6.07) is 6.19. The number of nitrogens with one attached hydrogen (secondary N) is 1. The number of carbonyl (C=O) groups is 1. The van der Waals surface area contributed by atoms with E-state index in [1.165, 1.54) is 6.07 Å². The van der Waals surface area contributed by atoms with Gasteiger partial charge in [-0.3, -0.25) is 4.79 Å². The number of rotatable bonds is 7. The largest absolute Gasteiger partial charge is 0.469 e. The molecule has 2 aromatic carbocycles. The van der Waals surface area contributed by atoms with Crippen molar-refractivity contribution in [1.82, 2.24) is 5.32 Å². The first-order valence-electron chi connectivity index (χ1n) is 8.17.